The van der Waals surface area contributed by atoms with Gasteiger partial charge in [-0.15, -0.1) is 0 Å². The molecule has 0 saturated carbocycles. The molecule has 0 bridgehead atoms. The molecule has 1 atom stereocenters. The van der Waals surface area contributed by atoms with Gasteiger partial charge in [-0.3, -0.25) is 4.79 Å². The molecule has 2 N–H and O–H groups in total. The number of methoxy groups -OCH3 is 2. The number of amides is 1. The number of nitrogens with one attached hydrogen (secondary N) is 2. The van der Waals surface area contributed by atoms with Crippen LogP contribution >= 0.6 is 0 Å². The van der Waals surface area contributed by atoms with E-state index in [1.54, 1.807) is 19.1 Å². The van der Waals surface area contributed by atoms with Gasteiger partial charge in [0.1, 0.15) is 17.5 Å². The van der Waals surface area contributed by atoms with Crippen LogP contribution in [0.3, 0.4) is 0 Å². The Balaban J connectivity index is 1.98. The SMILES string of the molecule is CC[NH+]1CCN(C(=O)[C@@H](C)Nc2ccc(OC)cc2OC)CC1. The molecule has 0 aliphatic carbocycles. The van der Waals surface area contributed by atoms with Crippen LogP contribution < -0.4 is 19.7 Å². The minimum Gasteiger partial charge on any atom is -0.497 e. The number of quaternary nitrogens is 1. The Morgan fingerprint density at radius 2 is 2.00 bits per heavy atom. The van der Waals surface area contributed by atoms with Crippen molar-refractivity contribution >= 4 is 11.6 Å². The van der Waals surface area contributed by atoms with Gasteiger partial charge in [0.15, 0.2) is 0 Å². The van der Waals surface area contributed by atoms with Crippen molar-refractivity contribution in [1.29, 1.82) is 0 Å². The van der Waals surface area contributed by atoms with Gasteiger partial charge in [-0.05, 0) is 26.0 Å². The van der Waals surface area contributed by atoms with Crippen LogP contribution in [0.15, 0.2) is 18.2 Å². The molecule has 1 fully saturated rings. The van der Waals surface area contributed by atoms with Crippen LogP contribution in [0.4, 0.5) is 5.69 Å². The standard InChI is InChI=1S/C17H27N3O3/c1-5-19-8-10-20(11-9-19)17(21)13(2)18-15-7-6-14(22-3)12-16(15)23-4/h6-7,12-13,18H,5,8-11H2,1-4H3/p+1/t13-/m1/s1. The first-order valence-electron chi connectivity index (χ1n) is 8.20. The highest BCUT2D eigenvalue weighted by atomic mass is 16.5. The van der Waals surface area contributed by atoms with E-state index in [1.807, 2.05) is 30.0 Å². The summed E-state index contributed by atoms with van der Waals surface area (Å²) in [6.07, 6.45) is 0. The molecule has 128 valence electrons. The first-order valence-corrected chi connectivity index (χ1v) is 8.20. The lowest BCUT2D eigenvalue weighted by molar-refractivity contribution is -0.902. The lowest BCUT2D eigenvalue weighted by atomic mass is 10.2. The second-order valence-corrected chi connectivity index (χ2v) is 5.86. The Morgan fingerprint density at radius 1 is 1.30 bits per heavy atom. The quantitative estimate of drug-likeness (QED) is 0.788. The number of rotatable bonds is 6. The fourth-order valence-electron chi connectivity index (χ4n) is 2.88. The van der Waals surface area contributed by atoms with Crippen molar-refractivity contribution in [1.82, 2.24) is 4.90 Å². The van der Waals surface area contributed by atoms with Crippen LogP contribution in [0, 0.1) is 0 Å². The van der Waals surface area contributed by atoms with E-state index in [0.29, 0.717) is 5.75 Å². The normalized spacial score (nSPS) is 16.8. The fourth-order valence-corrected chi connectivity index (χ4v) is 2.88. The Labute approximate surface area is 138 Å². The molecular formula is C17H28N3O3+. The van der Waals surface area contributed by atoms with Crippen molar-refractivity contribution in [3.63, 3.8) is 0 Å². The molecule has 1 heterocycles. The molecule has 1 aliphatic heterocycles. The lowest BCUT2D eigenvalue weighted by Gasteiger charge is -2.33. The largest absolute Gasteiger partial charge is 0.497 e. The Morgan fingerprint density at radius 3 is 2.57 bits per heavy atom. The van der Waals surface area contributed by atoms with Gasteiger partial charge in [-0.25, -0.2) is 0 Å². The molecule has 1 aromatic rings. The van der Waals surface area contributed by atoms with E-state index < -0.39 is 0 Å². The average molecular weight is 322 g/mol. The first kappa shape index (κ1) is 17.4. The summed E-state index contributed by atoms with van der Waals surface area (Å²) in [4.78, 5) is 16.1. The van der Waals surface area contributed by atoms with Crippen molar-refractivity contribution in [3.8, 4) is 11.5 Å². The van der Waals surface area contributed by atoms with E-state index in [9.17, 15) is 4.79 Å². The second-order valence-electron chi connectivity index (χ2n) is 5.86. The number of carbonyl (C=O) groups is 1. The summed E-state index contributed by atoms with van der Waals surface area (Å²) in [6, 6.07) is 5.25. The van der Waals surface area contributed by atoms with E-state index in [4.69, 9.17) is 9.47 Å². The van der Waals surface area contributed by atoms with Gasteiger partial charge in [0, 0.05) is 6.07 Å². The number of likely N-dealkylation sites (N-methyl/N-ethyl adjacent to an activating group) is 1. The van der Waals surface area contributed by atoms with Gasteiger partial charge in [-0.1, -0.05) is 0 Å². The number of hydrogen-bond acceptors (Lipinski definition) is 4. The summed E-state index contributed by atoms with van der Waals surface area (Å²) in [5.74, 6) is 1.53. The number of anilines is 1. The monoisotopic (exact) mass is 322 g/mol. The summed E-state index contributed by atoms with van der Waals surface area (Å²) in [5, 5.41) is 3.26. The fraction of sp³-hybridized carbons (Fsp3) is 0.588. The molecule has 6 heteroatoms. The summed E-state index contributed by atoms with van der Waals surface area (Å²) in [7, 11) is 3.23. The average Bonchev–Trinajstić information content (AvgIpc) is 2.61. The third kappa shape index (κ3) is 4.28. The van der Waals surface area contributed by atoms with Crippen LogP contribution in [0.5, 0.6) is 11.5 Å². The molecule has 0 aromatic heterocycles. The second kappa shape index (κ2) is 8.06. The zero-order chi connectivity index (χ0) is 16.8. The minimum atomic E-state index is -0.291. The maximum Gasteiger partial charge on any atom is 0.245 e. The van der Waals surface area contributed by atoms with Crippen LogP contribution in [-0.4, -0.2) is 63.8 Å². The van der Waals surface area contributed by atoms with Gasteiger partial charge in [-0.2, -0.15) is 0 Å². The Bertz CT molecular complexity index is 528. The van der Waals surface area contributed by atoms with Gasteiger partial charge in [0.25, 0.3) is 0 Å². The van der Waals surface area contributed by atoms with E-state index >= 15 is 0 Å². The van der Waals surface area contributed by atoms with Crippen LogP contribution in [0.25, 0.3) is 0 Å². The highest BCUT2D eigenvalue weighted by Crippen LogP contribution is 2.29. The molecule has 0 unspecified atom stereocenters. The zero-order valence-electron chi connectivity index (χ0n) is 14.5. The van der Waals surface area contributed by atoms with Crippen molar-refractivity contribution < 1.29 is 19.2 Å². The third-order valence-corrected chi connectivity index (χ3v) is 4.43. The van der Waals surface area contributed by atoms with Gasteiger partial charge in [0.2, 0.25) is 5.91 Å². The third-order valence-electron chi connectivity index (χ3n) is 4.43. The predicted molar refractivity (Wildman–Crippen MR) is 90.4 cm³/mol. The molecule has 1 amide bonds. The summed E-state index contributed by atoms with van der Waals surface area (Å²) in [6.45, 7) is 8.92. The van der Waals surface area contributed by atoms with Crippen LogP contribution in [0.2, 0.25) is 0 Å². The molecule has 1 saturated heterocycles. The molecule has 23 heavy (non-hydrogen) atoms. The lowest BCUT2D eigenvalue weighted by Crippen LogP contribution is -3.14. The number of carbonyl (C=O) groups excluding carboxylic acids is 1. The van der Waals surface area contributed by atoms with Gasteiger partial charge < -0.3 is 24.6 Å². The van der Waals surface area contributed by atoms with E-state index in [-0.39, 0.29) is 11.9 Å². The predicted octanol–water partition coefficient (Wildman–Crippen LogP) is 0.251. The Hall–Kier alpha value is -1.95. The molecule has 2 rings (SSSR count). The number of hydrogen-bond donors (Lipinski definition) is 2. The van der Waals surface area contributed by atoms with Gasteiger partial charge in [0.05, 0.1) is 52.6 Å². The smallest absolute Gasteiger partial charge is 0.245 e. The van der Waals surface area contributed by atoms with Crippen LogP contribution in [0.1, 0.15) is 13.8 Å². The summed E-state index contributed by atoms with van der Waals surface area (Å²) < 4.78 is 10.6. The molecular weight excluding hydrogens is 294 g/mol. The number of piperazine rings is 1. The minimum absolute atomic E-state index is 0.137. The van der Waals surface area contributed by atoms with Crippen LogP contribution in [-0.2, 0) is 4.79 Å². The summed E-state index contributed by atoms with van der Waals surface area (Å²) in [5.41, 5.74) is 0.798. The molecule has 1 aliphatic rings. The number of benzene rings is 1. The number of ether oxygens (including phenoxy) is 2. The van der Waals surface area contributed by atoms with Crippen molar-refractivity contribution in [2.45, 2.75) is 19.9 Å². The van der Waals surface area contributed by atoms with Gasteiger partial charge >= 0.3 is 0 Å². The molecule has 0 radical (unpaired) electrons. The Kier molecular flexibility index (Phi) is 6.10. The topological polar surface area (TPSA) is 55.2 Å². The van der Waals surface area contributed by atoms with Crippen molar-refractivity contribution in [2.75, 3.05) is 52.3 Å². The first-order chi connectivity index (χ1) is 11.1. The molecule has 6 nitrogen and oxygen atoms in total. The summed E-state index contributed by atoms with van der Waals surface area (Å²) >= 11 is 0. The maximum atomic E-state index is 12.6. The van der Waals surface area contributed by atoms with E-state index in [1.165, 1.54) is 0 Å². The molecule has 0 spiro atoms. The van der Waals surface area contributed by atoms with E-state index in [0.717, 1.165) is 44.2 Å². The zero-order valence-corrected chi connectivity index (χ0v) is 14.5. The maximum absolute atomic E-state index is 12.6. The highest BCUT2D eigenvalue weighted by molar-refractivity contribution is 5.85. The number of nitrogens with zero attached hydrogens (tertiary/aromatic N) is 1. The highest BCUT2D eigenvalue weighted by Gasteiger charge is 2.26. The van der Waals surface area contributed by atoms with E-state index in [2.05, 4.69) is 12.2 Å². The van der Waals surface area contributed by atoms with Crippen molar-refractivity contribution in [2.24, 2.45) is 0 Å². The van der Waals surface area contributed by atoms with Crippen molar-refractivity contribution in [3.05, 3.63) is 18.2 Å². The molecule has 1 aromatic carbocycles.